The van der Waals surface area contributed by atoms with Gasteiger partial charge in [0.05, 0.1) is 0 Å². The Kier molecular flexibility index (Phi) is 7.12. The first kappa shape index (κ1) is 26.8. The number of halogens is 1. The lowest BCUT2D eigenvalue weighted by molar-refractivity contribution is 0.659. The number of hydrogen-bond acceptors (Lipinski definition) is 0. The Bertz CT molecular complexity index is 1800. The molecule has 0 saturated heterocycles. The van der Waals surface area contributed by atoms with Crippen LogP contribution in [0.4, 0.5) is 0 Å². The van der Waals surface area contributed by atoms with E-state index in [1.165, 1.54) is 66.8 Å². The molecule has 200 valence electrons. The summed E-state index contributed by atoms with van der Waals surface area (Å²) in [6.45, 7) is 10.8. The normalized spacial score (nSPS) is 13.7. The highest BCUT2D eigenvalue weighted by Crippen LogP contribution is 2.60. The molecule has 0 amide bonds. The lowest BCUT2D eigenvalue weighted by Crippen LogP contribution is -2.18. The summed E-state index contributed by atoms with van der Waals surface area (Å²) in [7, 11) is 0. The molecule has 0 bridgehead atoms. The predicted molar refractivity (Wildman–Crippen MR) is 178 cm³/mol. The van der Waals surface area contributed by atoms with Crippen molar-refractivity contribution in [1.29, 1.82) is 0 Å². The number of rotatable bonds is 6. The van der Waals surface area contributed by atoms with E-state index in [-0.39, 0.29) is 5.41 Å². The molecule has 0 saturated carbocycles. The van der Waals surface area contributed by atoms with E-state index in [0.717, 1.165) is 5.02 Å². The Morgan fingerprint density at radius 1 is 0.659 bits per heavy atom. The molecule has 5 aromatic rings. The summed E-state index contributed by atoms with van der Waals surface area (Å²) >= 11 is 6.66. The molecule has 0 fully saturated rings. The van der Waals surface area contributed by atoms with E-state index in [1.54, 1.807) is 0 Å². The van der Waals surface area contributed by atoms with Gasteiger partial charge in [-0.25, -0.2) is 0 Å². The third-order valence-corrected chi connectivity index (χ3v) is 8.46. The summed E-state index contributed by atoms with van der Waals surface area (Å²) < 4.78 is 0. The summed E-state index contributed by atoms with van der Waals surface area (Å²) in [6, 6.07) is 39.0. The molecule has 0 aromatic heterocycles. The highest BCUT2D eigenvalue weighted by Gasteiger charge is 2.42. The van der Waals surface area contributed by atoms with Crippen LogP contribution in [0, 0.1) is 0 Å². The highest BCUT2D eigenvalue weighted by atomic mass is 35.5. The molecule has 0 atom stereocenters. The molecule has 0 nitrogen and oxygen atoms in total. The molecule has 1 aliphatic rings. The number of fused-ring (bicyclic) bond motifs is 3. The van der Waals surface area contributed by atoms with E-state index in [1.807, 2.05) is 18.2 Å². The molecule has 41 heavy (non-hydrogen) atoms. The van der Waals surface area contributed by atoms with Crippen molar-refractivity contribution in [1.82, 2.24) is 0 Å². The van der Waals surface area contributed by atoms with Gasteiger partial charge in [0.1, 0.15) is 0 Å². The molecule has 6 rings (SSSR count). The Labute approximate surface area is 249 Å². The van der Waals surface area contributed by atoms with Crippen LogP contribution in [-0.4, -0.2) is 0 Å². The number of benzene rings is 5. The summed E-state index contributed by atoms with van der Waals surface area (Å²) in [4.78, 5) is 0. The average Bonchev–Trinajstić information content (AvgIpc) is 3.23. The van der Waals surface area contributed by atoms with Gasteiger partial charge < -0.3 is 0 Å². The van der Waals surface area contributed by atoms with E-state index >= 15 is 0 Å². The second-order valence-electron chi connectivity index (χ2n) is 11.1. The van der Waals surface area contributed by atoms with Crippen LogP contribution < -0.4 is 0 Å². The van der Waals surface area contributed by atoms with Gasteiger partial charge in [0, 0.05) is 10.4 Å². The zero-order chi connectivity index (χ0) is 28.6. The van der Waals surface area contributed by atoms with Crippen LogP contribution in [0.1, 0.15) is 37.5 Å². The largest absolute Gasteiger partial charge is 0.0991 e. The SMILES string of the molecule is C=C/C=C\C=C(/C)c1c(-c2ccccc2)c(-c2ccccc2)c(-c2ccccc2)c2c1C(C)(C)c1cc(Cl)ccc1-2. The average molecular weight is 549 g/mol. The van der Waals surface area contributed by atoms with Crippen molar-refractivity contribution < 1.29 is 0 Å². The Morgan fingerprint density at radius 3 is 1.71 bits per heavy atom. The quantitative estimate of drug-likeness (QED) is 0.185. The van der Waals surface area contributed by atoms with Gasteiger partial charge in [-0.05, 0) is 85.8 Å². The van der Waals surface area contributed by atoms with Crippen LogP contribution in [-0.2, 0) is 5.41 Å². The van der Waals surface area contributed by atoms with Crippen LogP contribution in [0.2, 0.25) is 5.02 Å². The van der Waals surface area contributed by atoms with E-state index < -0.39 is 0 Å². The molecule has 0 spiro atoms. The van der Waals surface area contributed by atoms with Gasteiger partial charge in [0.25, 0.3) is 0 Å². The fourth-order valence-corrected chi connectivity index (χ4v) is 6.64. The van der Waals surface area contributed by atoms with Crippen molar-refractivity contribution >= 4 is 17.2 Å². The highest BCUT2D eigenvalue weighted by molar-refractivity contribution is 6.31. The first-order chi connectivity index (χ1) is 19.9. The standard InChI is InChI=1S/C40H33Cl/c1-5-6-10-17-27(2)34-35(28-18-11-7-12-19-28)36(29-20-13-8-14-21-29)37(30-22-15-9-16-23-30)38-32-25-24-31(41)26-33(32)40(3,4)39(34)38/h5-26H,1H2,2-4H3/b10-6-,27-17+. The maximum atomic E-state index is 6.66. The second-order valence-corrected chi connectivity index (χ2v) is 11.6. The Balaban J connectivity index is 1.92. The molecule has 0 N–H and O–H groups in total. The topological polar surface area (TPSA) is 0 Å². The lowest BCUT2D eigenvalue weighted by Gasteiger charge is -2.30. The fourth-order valence-electron chi connectivity index (χ4n) is 6.47. The summed E-state index contributed by atoms with van der Waals surface area (Å²) in [5, 5.41) is 0.764. The van der Waals surface area contributed by atoms with Crippen molar-refractivity contribution in [3.8, 4) is 44.5 Å². The third-order valence-electron chi connectivity index (χ3n) is 8.22. The van der Waals surface area contributed by atoms with E-state index in [0.29, 0.717) is 0 Å². The number of allylic oxidation sites excluding steroid dienone is 5. The minimum absolute atomic E-state index is 0.273. The van der Waals surface area contributed by atoms with Crippen LogP contribution in [0.15, 0.2) is 140 Å². The first-order valence-electron chi connectivity index (χ1n) is 14.1. The summed E-state index contributed by atoms with van der Waals surface area (Å²) in [5.74, 6) is 0. The van der Waals surface area contributed by atoms with Crippen molar-refractivity contribution in [2.24, 2.45) is 0 Å². The van der Waals surface area contributed by atoms with Gasteiger partial charge in [-0.2, -0.15) is 0 Å². The molecule has 0 aliphatic heterocycles. The van der Waals surface area contributed by atoms with E-state index in [2.05, 4.69) is 143 Å². The minimum atomic E-state index is -0.273. The van der Waals surface area contributed by atoms with Crippen molar-refractivity contribution in [3.63, 3.8) is 0 Å². The summed E-state index contributed by atoms with van der Waals surface area (Å²) in [5.41, 5.74) is 14.7. The van der Waals surface area contributed by atoms with Crippen molar-refractivity contribution in [2.45, 2.75) is 26.2 Å². The second kappa shape index (κ2) is 10.9. The maximum absolute atomic E-state index is 6.66. The van der Waals surface area contributed by atoms with Gasteiger partial charge in [0.2, 0.25) is 0 Å². The third kappa shape index (κ3) is 4.59. The number of hydrogen-bond donors (Lipinski definition) is 0. The van der Waals surface area contributed by atoms with Gasteiger partial charge in [-0.15, -0.1) is 0 Å². The van der Waals surface area contributed by atoms with Crippen molar-refractivity contribution in [3.05, 3.63) is 162 Å². The molecule has 1 heteroatoms. The van der Waals surface area contributed by atoms with Crippen molar-refractivity contribution in [2.75, 3.05) is 0 Å². The zero-order valence-electron chi connectivity index (χ0n) is 23.8. The van der Waals surface area contributed by atoms with Crippen LogP contribution in [0.25, 0.3) is 50.1 Å². The van der Waals surface area contributed by atoms with Gasteiger partial charge >= 0.3 is 0 Å². The van der Waals surface area contributed by atoms with Crippen LogP contribution >= 0.6 is 11.6 Å². The zero-order valence-corrected chi connectivity index (χ0v) is 24.5. The molecule has 0 radical (unpaired) electrons. The molecule has 5 aromatic carbocycles. The molecule has 0 heterocycles. The van der Waals surface area contributed by atoms with Gasteiger partial charge in [-0.1, -0.05) is 153 Å². The minimum Gasteiger partial charge on any atom is -0.0991 e. The Morgan fingerprint density at radius 2 is 1.17 bits per heavy atom. The van der Waals surface area contributed by atoms with Crippen LogP contribution in [0.3, 0.4) is 0 Å². The predicted octanol–water partition coefficient (Wildman–Crippen LogP) is 11.8. The molecular weight excluding hydrogens is 516 g/mol. The van der Waals surface area contributed by atoms with Gasteiger partial charge in [-0.3, -0.25) is 0 Å². The fraction of sp³-hybridized carbons (Fsp3) is 0.100. The lowest BCUT2D eigenvalue weighted by atomic mass is 9.72. The monoisotopic (exact) mass is 548 g/mol. The molecule has 1 aliphatic carbocycles. The van der Waals surface area contributed by atoms with Gasteiger partial charge in [0.15, 0.2) is 0 Å². The van der Waals surface area contributed by atoms with E-state index in [9.17, 15) is 0 Å². The smallest absolute Gasteiger partial charge is 0.0409 e. The Hall–Kier alpha value is -4.39. The molecular formula is C40H33Cl. The first-order valence-corrected chi connectivity index (χ1v) is 14.5. The van der Waals surface area contributed by atoms with E-state index in [4.69, 9.17) is 11.6 Å². The maximum Gasteiger partial charge on any atom is 0.0409 e. The van der Waals surface area contributed by atoms with Crippen LogP contribution in [0.5, 0.6) is 0 Å². The summed E-state index contributed by atoms with van der Waals surface area (Å²) in [6.07, 6.45) is 8.11. The molecule has 0 unspecified atom stereocenters.